The van der Waals surface area contributed by atoms with E-state index < -0.39 is 5.60 Å². The zero-order chi connectivity index (χ0) is 17.2. The number of aromatic nitrogens is 1. The number of amides is 1. The Balaban J connectivity index is 1.71. The summed E-state index contributed by atoms with van der Waals surface area (Å²) < 4.78 is 10.8. The molecule has 1 aromatic carbocycles. The van der Waals surface area contributed by atoms with Gasteiger partial charge in [0.2, 0.25) is 0 Å². The quantitative estimate of drug-likeness (QED) is 0.822. The number of rotatable bonds is 2. The van der Waals surface area contributed by atoms with Gasteiger partial charge in [-0.3, -0.25) is 0 Å². The molecular formula is C19H22N2O3. The van der Waals surface area contributed by atoms with Crippen LogP contribution >= 0.6 is 0 Å². The van der Waals surface area contributed by atoms with Crippen molar-refractivity contribution in [3.8, 4) is 11.3 Å². The first-order chi connectivity index (χ1) is 11.4. The van der Waals surface area contributed by atoms with Gasteiger partial charge in [-0.25, -0.2) is 9.78 Å². The monoisotopic (exact) mass is 326 g/mol. The van der Waals surface area contributed by atoms with E-state index in [0.717, 1.165) is 23.3 Å². The van der Waals surface area contributed by atoms with Gasteiger partial charge < -0.3 is 14.1 Å². The Kier molecular flexibility index (Phi) is 4.42. The van der Waals surface area contributed by atoms with Gasteiger partial charge in [0.15, 0.2) is 12.2 Å². The second-order valence-electron chi connectivity index (χ2n) is 6.85. The van der Waals surface area contributed by atoms with Crippen LogP contribution in [0.1, 0.15) is 32.8 Å². The molecule has 1 aliphatic heterocycles. The first-order valence-electron chi connectivity index (χ1n) is 8.09. The summed E-state index contributed by atoms with van der Waals surface area (Å²) in [5.41, 5.74) is 2.91. The molecule has 5 nitrogen and oxygen atoms in total. The standard InChI is InChI=1S/C19H22N2O3/c1-19(2,3)24-18(22)21-9-7-14(8-10-21)15-5-4-6-16(11-15)17-12-20-13-23-17/h4-7,11-13H,8-10H2,1-3H3. The third kappa shape index (κ3) is 3.85. The smallest absolute Gasteiger partial charge is 0.410 e. The summed E-state index contributed by atoms with van der Waals surface area (Å²) in [6, 6.07) is 8.18. The summed E-state index contributed by atoms with van der Waals surface area (Å²) in [7, 11) is 0. The first kappa shape index (κ1) is 16.3. The fourth-order valence-electron chi connectivity index (χ4n) is 2.65. The van der Waals surface area contributed by atoms with Gasteiger partial charge in [-0.05, 0) is 44.4 Å². The van der Waals surface area contributed by atoms with Crippen LogP contribution in [0.25, 0.3) is 16.9 Å². The van der Waals surface area contributed by atoms with Crippen molar-refractivity contribution in [2.75, 3.05) is 13.1 Å². The Hall–Kier alpha value is -2.56. The van der Waals surface area contributed by atoms with E-state index in [-0.39, 0.29) is 6.09 Å². The SMILES string of the molecule is CC(C)(C)OC(=O)N1CC=C(c2cccc(-c3cnco3)c2)CC1. The second-order valence-corrected chi connectivity index (χ2v) is 6.85. The van der Waals surface area contributed by atoms with Gasteiger partial charge in [-0.2, -0.15) is 0 Å². The fourth-order valence-corrected chi connectivity index (χ4v) is 2.65. The third-order valence-electron chi connectivity index (χ3n) is 3.81. The van der Waals surface area contributed by atoms with Crippen LogP contribution in [0.2, 0.25) is 0 Å². The van der Waals surface area contributed by atoms with Crippen molar-refractivity contribution in [1.29, 1.82) is 0 Å². The number of carbonyl (C=O) groups excluding carboxylic acids is 1. The molecule has 3 rings (SSSR count). The van der Waals surface area contributed by atoms with Gasteiger partial charge in [-0.1, -0.05) is 24.3 Å². The zero-order valence-electron chi connectivity index (χ0n) is 14.3. The lowest BCUT2D eigenvalue weighted by Gasteiger charge is -2.29. The molecule has 126 valence electrons. The predicted octanol–water partition coefficient (Wildman–Crippen LogP) is 4.37. The molecule has 0 fully saturated rings. The molecule has 0 spiro atoms. The molecule has 5 heteroatoms. The van der Waals surface area contributed by atoms with Gasteiger partial charge in [-0.15, -0.1) is 0 Å². The van der Waals surface area contributed by atoms with Crippen LogP contribution in [0, 0.1) is 0 Å². The summed E-state index contributed by atoms with van der Waals surface area (Å²) in [5, 5.41) is 0. The lowest BCUT2D eigenvalue weighted by atomic mass is 9.97. The molecule has 2 aromatic rings. The maximum Gasteiger partial charge on any atom is 0.410 e. The van der Waals surface area contributed by atoms with E-state index in [1.165, 1.54) is 12.0 Å². The van der Waals surface area contributed by atoms with Crippen LogP contribution in [0.4, 0.5) is 4.79 Å². The predicted molar refractivity (Wildman–Crippen MR) is 92.3 cm³/mol. The minimum absolute atomic E-state index is 0.256. The summed E-state index contributed by atoms with van der Waals surface area (Å²) in [6.45, 7) is 6.87. The van der Waals surface area contributed by atoms with Crippen LogP contribution in [-0.4, -0.2) is 34.7 Å². The number of oxazole rings is 1. The highest BCUT2D eigenvalue weighted by Gasteiger charge is 2.23. The van der Waals surface area contributed by atoms with Crippen molar-refractivity contribution >= 4 is 11.7 Å². The highest BCUT2D eigenvalue weighted by Crippen LogP contribution is 2.27. The van der Waals surface area contributed by atoms with Crippen LogP contribution in [0.3, 0.4) is 0 Å². The molecule has 0 saturated heterocycles. The van der Waals surface area contributed by atoms with Gasteiger partial charge in [0, 0.05) is 18.7 Å². The normalized spacial score (nSPS) is 15.1. The largest absolute Gasteiger partial charge is 0.444 e. The van der Waals surface area contributed by atoms with E-state index in [1.807, 2.05) is 32.9 Å². The van der Waals surface area contributed by atoms with E-state index in [0.29, 0.717) is 13.1 Å². The van der Waals surface area contributed by atoms with E-state index in [2.05, 4.69) is 23.2 Å². The summed E-state index contributed by atoms with van der Waals surface area (Å²) >= 11 is 0. The molecule has 0 aliphatic carbocycles. The van der Waals surface area contributed by atoms with Crippen molar-refractivity contribution in [1.82, 2.24) is 9.88 Å². The highest BCUT2D eigenvalue weighted by atomic mass is 16.6. The second kappa shape index (κ2) is 6.51. The van der Waals surface area contributed by atoms with Crippen LogP contribution < -0.4 is 0 Å². The average Bonchev–Trinajstić information content (AvgIpc) is 3.08. The molecule has 0 radical (unpaired) electrons. The molecule has 0 atom stereocenters. The molecule has 1 aliphatic rings. The molecule has 1 aromatic heterocycles. The number of ether oxygens (including phenoxy) is 1. The Labute approximate surface area is 141 Å². The lowest BCUT2D eigenvalue weighted by molar-refractivity contribution is 0.0270. The first-order valence-corrected chi connectivity index (χ1v) is 8.09. The average molecular weight is 326 g/mol. The number of hydrogen-bond donors (Lipinski definition) is 0. The summed E-state index contributed by atoms with van der Waals surface area (Å²) in [6.07, 6.45) is 5.78. The molecule has 2 heterocycles. The van der Waals surface area contributed by atoms with Gasteiger partial charge in [0.25, 0.3) is 0 Å². The molecule has 24 heavy (non-hydrogen) atoms. The van der Waals surface area contributed by atoms with Crippen LogP contribution in [-0.2, 0) is 4.74 Å². The van der Waals surface area contributed by atoms with Gasteiger partial charge >= 0.3 is 6.09 Å². The van der Waals surface area contributed by atoms with Crippen LogP contribution in [0.5, 0.6) is 0 Å². The van der Waals surface area contributed by atoms with Crippen molar-refractivity contribution in [2.24, 2.45) is 0 Å². The number of hydrogen-bond acceptors (Lipinski definition) is 4. The summed E-state index contributed by atoms with van der Waals surface area (Å²) in [5.74, 6) is 0.753. The topological polar surface area (TPSA) is 55.6 Å². The minimum Gasteiger partial charge on any atom is -0.444 e. The Morgan fingerprint density at radius 1 is 1.29 bits per heavy atom. The van der Waals surface area contributed by atoms with Crippen LogP contribution in [0.15, 0.2) is 47.3 Å². The van der Waals surface area contributed by atoms with Crippen molar-refractivity contribution in [2.45, 2.75) is 32.8 Å². The Morgan fingerprint density at radius 2 is 2.08 bits per heavy atom. The lowest BCUT2D eigenvalue weighted by Crippen LogP contribution is -2.39. The van der Waals surface area contributed by atoms with E-state index in [4.69, 9.17) is 9.15 Å². The van der Waals surface area contributed by atoms with Gasteiger partial charge in [0.05, 0.1) is 6.20 Å². The molecular weight excluding hydrogens is 304 g/mol. The maximum atomic E-state index is 12.1. The Bertz CT molecular complexity index is 742. The number of nitrogens with zero attached hydrogens (tertiary/aromatic N) is 2. The number of carbonyl (C=O) groups is 1. The molecule has 0 bridgehead atoms. The molecule has 0 unspecified atom stereocenters. The molecule has 1 amide bonds. The number of benzene rings is 1. The fraction of sp³-hybridized carbons (Fsp3) is 0.368. The third-order valence-corrected chi connectivity index (χ3v) is 3.81. The zero-order valence-corrected chi connectivity index (χ0v) is 14.3. The molecule has 0 N–H and O–H groups in total. The highest BCUT2D eigenvalue weighted by molar-refractivity contribution is 5.74. The molecule has 0 saturated carbocycles. The van der Waals surface area contributed by atoms with Gasteiger partial charge in [0.1, 0.15) is 5.60 Å². The van der Waals surface area contributed by atoms with E-state index in [1.54, 1.807) is 11.1 Å². The summed E-state index contributed by atoms with van der Waals surface area (Å²) in [4.78, 5) is 17.8. The van der Waals surface area contributed by atoms with Crippen molar-refractivity contribution < 1.29 is 13.9 Å². The van der Waals surface area contributed by atoms with E-state index in [9.17, 15) is 4.79 Å². The van der Waals surface area contributed by atoms with E-state index >= 15 is 0 Å². The van der Waals surface area contributed by atoms with Crippen molar-refractivity contribution in [3.05, 3.63) is 48.5 Å². The maximum absolute atomic E-state index is 12.1. The Morgan fingerprint density at radius 3 is 2.71 bits per heavy atom. The minimum atomic E-state index is -0.466. The van der Waals surface area contributed by atoms with Crippen molar-refractivity contribution in [3.63, 3.8) is 0 Å².